The second-order valence-electron chi connectivity index (χ2n) is 6.92. The van der Waals surface area contributed by atoms with Crippen LogP contribution < -0.4 is 4.74 Å². The Hall–Kier alpha value is -2.44. The van der Waals surface area contributed by atoms with Crippen molar-refractivity contribution >= 4 is 5.91 Å². The van der Waals surface area contributed by atoms with Crippen molar-refractivity contribution in [1.29, 1.82) is 0 Å². The number of fused-ring (bicyclic) bond motifs is 4. The third-order valence-corrected chi connectivity index (χ3v) is 5.63. The summed E-state index contributed by atoms with van der Waals surface area (Å²) in [4.78, 5) is 18.9. The van der Waals surface area contributed by atoms with E-state index in [1.54, 1.807) is 11.2 Å². The molecule has 1 aromatic carbocycles. The van der Waals surface area contributed by atoms with Crippen LogP contribution in [0, 0.1) is 11.8 Å². The number of carbonyl (C=O) groups excluding carboxylic acids is 1. The van der Waals surface area contributed by atoms with Gasteiger partial charge in [0.05, 0.1) is 11.4 Å². The molecule has 5 nitrogen and oxygen atoms in total. The Morgan fingerprint density at radius 3 is 2.68 bits per heavy atom. The molecule has 3 aliphatic rings. The number of amides is 1. The fourth-order valence-electron chi connectivity index (χ4n) is 4.12. The minimum absolute atomic E-state index is 0.193. The van der Waals surface area contributed by atoms with Crippen molar-refractivity contribution in [3.05, 3.63) is 42.0 Å². The first-order chi connectivity index (χ1) is 12.1. The number of para-hydroxylation sites is 2. The molecule has 1 saturated heterocycles. The molecule has 3 heterocycles. The summed E-state index contributed by atoms with van der Waals surface area (Å²) in [6.07, 6.45) is 2.35. The fourth-order valence-corrected chi connectivity index (χ4v) is 4.12. The van der Waals surface area contributed by atoms with Crippen LogP contribution in [0.4, 0.5) is 8.78 Å². The number of hydrogen-bond acceptors (Lipinski definition) is 3. The van der Waals surface area contributed by atoms with Gasteiger partial charge in [0, 0.05) is 24.9 Å². The van der Waals surface area contributed by atoms with E-state index in [0.29, 0.717) is 37.3 Å². The van der Waals surface area contributed by atoms with Crippen molar-refractivity contribution in [2.45, 2.75) is 25.4 Å². The lowest BCUT2D eigenvalue weighted by Gasteiger charge is -2.23. The lowest BCUT2D eigenvalue weighted by Crippen LogP contribution is -2.34. The van der Waals surface area contributed by atoms with Gasteiger partial charge in [0.1, 0.15) is 18.7 Å². The molecule has 2 atom stereocenters. The first-order valence-corrected chi connectivity index (χ1v) is 8.53. The number of aromatic nitrogens is 2. The highest BCUT2D eigenvalue weighted by Gasteiger charge is 2.67. The highest BCUT2D eigenvalue weighted by molar-refractivity contribution is 5.93. The average Bonchev–Trinajstić information content (AvgIpc) is 2.98. The van der Waals surface area contributed by atoms with E-state index in [9.17, 15) is 13.6 Å². The smallest absolute Gasteiger partial charge is 0.274 e. The zero-order chi connectivity index (χ0) is 17.2. The van der Waals surface area contributed by atoms with Crippen LogP contribution in [0.15, 0.2) is 30.6 Å². The van der Waals surface area contributed by atoms with Crippen LogP contribution in [0.5, 0.6) is 5.75 Å². The summed E-state index contributed by atoms with van der Waals surface area (Å²) in [6.45, 7) is 0.994. The summed E-state index contributed by atoms with van der Waals surface area (Å²) >= 11 is 0. The molecule has 7 heteroatoms. The Kier molecular flexibility index (Phi) is 2.99. The van der Waals surface area contributed by atoms with Gasteiger partial charge >= 0.3 is 0 Å². The first-order valence-electron chi connectivity index (χ1n) is 8.53. The van der Waals surface area contributed by atoms with Crippen LogP contribution in [-0.2, 0) is 6.61 Å². The summed E-state index contributed by atoms with van der Waals surface area (Å²) in [5, 5.41) is 0. The normalized spacial score (nSPS) is 25.9. The lowest BCUT2D eigenvalue weighted by molar-refractivity contribution is 0.0600. The number of carbonyl (C=O) groups is 1. The number of alkyl halides is 2. The zero-order valence-electron chi connectivity index (χ0n) is 13.5. The maximum absolute atomic E-state index is 13.5. The molecule has 1 saturated carbocycles. The molecule has 1 aliphatic carbocycles. The van der Waals surface area contributed by atoms with Crippen LogP contribution >= 0.6 is 0 Å². The molecule has 0 spiro atoms. The van der Waals surface area contributed by atoms with Crippen molar-refractivity contribution < 1.29 is 18.3 Å². The van der Waals surface area contributed by atoms with Crippen LogP contribution in [0.3, 0.4) is 0 Å². The zero-order valence-corrected chi connectivity index (χ0v) is 13.5. The Morgan fingerprint density at radius 2 is 1.92 bits per heavy atom. The van der Waals surface area contributed by atoms with Gasteiger partial charge in [0.2, 0.25) is 0 Å². The van der Waals surface area contributed by atoms with Gasteiger partial charge in [-0.05, 0) is 25.0 Å². The number of halogens is 2. The predicted molar refractivity (Wildman–Crippen MR) is 85.0 cm³/mol. The van der Waals surface area contributed by atoms with E-state index in [0.717, 1.165) is 11.4 Å². The second-order valence-corrected chi connectivity index (χ2v) is 6.92. The third kappa shape index (κ3) is 2.11. The first kappa shape index (κ1) is 14.9. The van der Waals surface area contributed by atoms with Gasteiger partial charge in [-0.3, -0.25) is 9.36 Å². The molecule has 130 valence electrons. The average molecular weight is 345 g/mol. The van der Waals surface area contributed by atoms with E-state index in [1.165, 1.54) is 0 Å². The summed E-state index contributed by atoms with van der Waals surface area (Å²) in [5.74, 6) is -3.09. The Morgan fingerprint density at radius 1 is 1.20 bits per heavy atom. The standard InChI is InChI=1S/C18H17F2N3O2/c19-18(20)11-5-7-22(8-6-12(11)18)17(24)16-14-9-25-15-4-2-1-3-13(15)23(14)10-21-16/h1-4,10-12H,5-9H2. The molecule has 2 aliphatic heterocycles. The van der Waals surface area contributed by atoms with Crippen molar-refractivity contribution in [2.24, 2.45) is 11.8 Å². The summed E-state index contributed by atoms with van der Waals surface area (Å²) in [6, 6.07) is 7.58. The van der Waals surface area contributed by atoms with Crippen molar-refractivity contribution in [3.8, 4) is 11.4 Å². The molecule has 1 aromatic heterocycles. The van der Waals surface area contributed by atoms with E-state index in [1.807, 2.05) is 28.8 Å². The minimum Gasteiger partial charge on any atom is -0.485 e. The van der Waals surface area contributed by atoms with Crippen molar-refractivity contribution in [2.75, 3.05) is 13.1 Å². The maximum Gasteiger partial charge on any atom is 0.274 e. The molecule has 0 radical (unpaired) electrons. The largest absolute Gasteiger partial charge is 0.485 e. The summed E-state index contributed by atoms with van der Waals surface area (Å²) < 4.78 is 34.6. The topological polar surface area (TPSA) is 47.4 Å². The molecule has 0 bridgehead atoms. The number of imidazole rings is 1. The Bertz CT molecular complexity index is 848. The highest BCUT2D eigenvalue weighted by atomic mass is 19.3. The molecule has 0 N–H and O–H groups in total. The predicted octanol–water partition coefficient (Wildman–Crippen LogP) is 2.88. The van der Waals surface area contributed by atoms with E-state index < -0.39 is 17.8 Å². The lowest BCUT2D eigenvalue weighted by atomic mass is 10.2. The molecule has 2 unspecified atom stereocenters. The van der Waals surface area contributed by atoms with E-state index >= 15 is 0 Å². The van der Waals surface area contributed by atoms with E-state index in [4.69, 9.17) is 4.74 Å². The number of hydrogen-bond donors (Lipinski definition) is 0. The molecular formula is C18H17F2N3O2. The number of ether oxygens (including phenoxy) is 1. The van der Waals surface area contributed by atoms with E-state index in [-0.39, 0.29) is 12.5 Å². The fraction of sp³-hybridized carbons (Fsp3) is 0.444. The van der Waals surface area contributed by atoms with Gasteiger partial charge in [-0.25, -0.2) is 13.8 Å². The quantitative estimate of drug-likeness (QED) is 0.798. The number of likely N-dealkylation sites (tertiary alicyclic amines) is 1. The van der Waals surface area contributed by atoms with Crippen LogP contribution in [0.25, 0.3) is 5.69 Å². The number of nitrogens with zero attached hydrogens (tertiary/aromatic N) is 3. The van der Waals surface area contributed by atoms with Crippen LogP contribution in [0.1, 0.15) is 29.0 Å². The van der Waals surface area contributed by atoms with E-state index in [2.05, 4.69) is 4.98 Å². The van der Waals surface area contributed by atoms with Crippen molar-refractivity contribution in [1.82, 2.24) is 14.5 Å². The number of benzene rings is 1. The molecular weight excluding hydrogens is 328 g/mol. The van der Waals surface area contributed by atoms with Gasteiger partial charge in [-0.1, -0.05) is 12.1 Å². The van der Waals surface area contributed by atoms with Gasteiger partial charge in [0.15, 0.2) is 5.69 Å². The molecule has 25 heavy (non-hydrogen) atoms. The highest BCUT2D eigenvalue weighted by Crippen LogP contribution is 2.59. The third-order valence-electron chi connectivity index (χ3n) is 5.63. The second kappa shape index (κ2) is 5.03. The summed E-state index contributed by atoms with van der Waals surface area (Å²) in [5.41, 5.74) is 1.92. The van der Waals surface area contributed by atoms with Gasteiger partial charge < -0.3 is 9.64 Å². The molecule has 5 rings (SSSR count). The minimum atomic E-state index is -2.53. The maximum atomic E-state index is 13.5. The monoisotopic (exact) mass is 345 g/mol. The van der Waals surface area contributed by atoms with Gasteiger partial charge in [-0.2, -0.15) is 0 Å². The van der Waals surface area contributed by atoms with Gasteiger partial charge in [0.25, 0.3) is 11.8 Å². The Balaban J connectivity index is 1.40. The van der Waals surface area contributed by atoms with Gasteiger partial charge in [-0.15, -0.1) is 0 Å². The molecule has 1 amide bonds. The number of rotatable bonds is 1. The van der Waals surface area contributed by atoms with Crippen LogP contribution in [0.2, 0.25) is 0 Å². The molecule has 2 fully saturated rings. The summed E-state index contributed by atoms with van der Waals surface area (Å²) in [7, 11) is 0. The Labute approximate surface area is 143 Å². The SMILES string of the molecule is O=C(c1ncn2c1COc1ccccc1-2)N1CCC2C(CC1)C2(F)F. The van der Waals surface area contributed by atoms with Crippen molar-refractivity contribution in [3.63, 3.8) is 0 Å². The van der Waals surface area contributed by atoms with Crippen LogP contribution in [-0.4, -0.2) is 39.4 Å². The molecule has 2 aromatic rings.